The highest BCUT2D eigenvalue weighted by Crippen LogP contribution is 2.04. The third kappa shape index (κ3) is 2.97. The predicted molar refractivity (Wildman–Crippen MR) is 49.9 cm³/mol. The van der Waals surface area contributed by atoms with Gasteiger partial charge in [-0.1, -0.05) is 0 Å². The first-order valence-corrected chi connectivity index (χ1v) is 4.19. The lowest BCUT2D eigenvalue weighted by molar-refractivity contribution is -0.137. The number of carbonyl (C=O) groups is 1. The molecular weight excluding hydrogens is 185 g/mol. The average Bonchev–Trinajstić information content (AvgIpc) is 2.17. The summed E-state index contributed by atoms with van der Waals surface area (Å²) in [5, 5.41) is 0. The molecule has 0 N–H and O–H groups in total. The number of hydrogen-bond acceptors (Lipinski definition) is 3. The zero-order valence-corrected chi connectivity index (χ0v) is 7.74. The number of esters is 1. The average molecular weight is 195 g/mol. The van der Waals surface area contributed by atoms with Crippen molar-refractivity contribution in [1.29, 1.82) is 0 Å². The van der Waals surface area contributed by atoms with Crippen LogP contribution in [0.15, 0.2) is 24.4 Å². The van der Waals surface area contributed by atoms with E-state index in [2.05, 4.69) is 9.72 Å². The molecule has 0 saturated heterocycles. The number of carbonyl (C=O) groups excluding carboxylic acids is 1. The summed E-state index contributed by atoms with van der Waals surface area (Å²) in [7, 11) is 0. The minimum Gasteiger partial charge on any atom is -0.463 e. The van der Waals surface area contributed by atoms with Crippen molar-refractivity contribution in [2.75, 3.05) is 6.61 Å². The van der Waals surface area contributed by atoms with Crippen molar-refractivity contribution in [3.05, 3.63) is 35.9 Å². The van der Waals surface area contributed by atoms with E-state index in [1.54, 1.807) is 6.92 Å². The monoisotopic (exact) mass is 195 g/mol. The van der Waals surface area contributed by atoms with Gasteiger partial charge in [0, 0.05) is 12.3 Å². The number of halogens is 1. The van der Waals surface area contributed by atoms with E-state index in [0.717, 1.165) is 6.08 Å². The van der Waals surface area contributed by atoms with Crippen LogP contribution in [0.5, 0.6) is 0 Å². The van der Waals surface area contributed by atoms with Crippen molar-refractivity contribution < 1.29 is 13.9 Å². The van der Waals surface area contributed by atoms with Crippen LogP contribution >= 0.6 is 0 Å². The summed E-state index contributed by atoms with van der Waals surface area (Å²) >= 11 is 0. The highest BCUT2D eigenvalue weighted by Gasteiger charge is 1.99. The topological polar surface area (TPSA) is 39.2 Å². The molecule has 74 valence electrons. The van der Waals surface area contributed by atoms with Gasteiger partial charge in [-0.15, -0.1) is 0 Å². The molecule has 0 aliphatic rings. The van der Waals surface area contributed by atoms with E-state index < -0.39 is 11.8 Å². The van der Waals surface area contributed by atoms with E-state index >= 15 is 0 Å². The van der Waals surface area contributed by atoms with E-state index in [4.69, 9.17) is 0 Å². The van der Waals surface area contributed by atoms with Crippen LogP contribution in [-0.4, -0.2) is 17.6 Å². The van der Waals surface area contributed by atoms with Crippen molar-refractivity contribution in [3.8, 4) is 0 Å². The van der Waals surface area contributed by atoms with Crippen LogP contribution in [-0.2, 0) is 9.53 Å². The Labute approximate surface area is 81.2 Å². The summed E-state index contributed by atoms with van der Waals surface area (Å²) < 4.78 is 17.6. The van der Waals surface area contributed by atoms with Gasteiger partial charge in [-0.3, -0.25) is 4.98 Å². The molecule has 1 rings (SSSR count). The van der Waals surface area contributed by atoms with Crippen molar-refractivity contribution in [2.24, 2.45) is 0 Å². The molecule has 0 saturated carbocycles. The van der Waals surface area contributed by atoms with E-state index in [1.807, 2.05) is 0 Å². The second kappa shape index (κ2) is 5.11. The van der Waals surface area contributed by atoms with Crippen LogP contribution < -0.4 is 0 Å². The molecule has 14 heavy (non-hydrogen) atoms. The first kappa shape index (κ1) is 10.4. The molecule has 0 aliphatic carbocycles. The van der Waals surface area contributed by atoms with Gasteiger partial charge in [0.25, 0.3) is 0 Å². The summed E-state index contributed by atoms with van der Waals surface area (Å²) in [6, 6.07) is 2.76. The van der Waals surface area contributed by atoms with E-state index in [1.165, 1.54) is 24.4 Å². The van der Waals surface area contributed by atoms with E-state index in [0.29, 0.717) is 6.61 Å². The standard InChI is InChI=1S/C10H10FNO2/c1-2-14-10(13)6-5-9-8(11)4-3-7-12-9/h3-7H,2H2,1H3/b6-5+. The number of hydrogen-bond donors (Lipinski definition) is 0. The van der Waals surface area contributed by atoms with Gasteiger partial charge in [-0.05, 0) is 25.1 Å². The Morgan fingerprint density at radius 1 is 1.71 bits per heavy atom. The Morgan fingerprint density at radius 3 is 3.14 bits per heavy atom. The molecule has 0 fully saturated rings. The highest BCUT2D eigenvalue weighted by molar-refractivity contribution is 5.86. The molecule has 4 heteroatoms. The lowest BCUT2D eigenvalue weighted by atomic mass is 10.3. The Morgan fingerprint density at radius 2 is 2.50 bits per heavy atom. The van der Waals surface area contributed by atoms with Crippen molar-refractivity contribution in [2.45, 2.75) is 6.92 Å². The minimum absolute atomic E-state index is 0.126. The summed E-state index contributed by atoms with van der Waals surface area (Å²) in [5.74, 6) is -0.967. The molecule has 0 bridgehead atoms. The molecule has 3 nitrogen and oxygen atoms in total. The molecule has 1 heterocycles. The van der Waals surface area contributed by atoms with Crippen LogP contribution in [0.1, 0.15) is 12.6 Å². The number of pyridine rings is 1. The highest BCUT2D eigenvalue weighted by atomic mass is 19.1. The fourth-order valence-corrected chi connectivity index (χ4v) is 0.858. The number of ether oxygens (including phenoxy) is 1. The number of nitrogens with zero attached hydrogens (tertiary/aromatic N) is 1. The Balaban J connectivity index is 2.69. The quantitative estimate of drug-likeness (QED) is 0.545. The van der Waals surface area contributed by atoms with E-state index in [9.17, 15) is 9.18 Å². The minimum atomic E-state index is -0.502. The summed E-state index contributed by atoms with van der Waals surface area (Å²) in [6.07, 6.45) is 3.89. The first-order valence-electron chi connectivity index (χ1n) is 4.19. The largest absolute Gasteiger partial charge is 0.463 e. The van der Waals surface area contributed by atoms with Gasteiger partial charge in [-0.2, -0.15) is 0 Å². The van der Waals surface area contributed by atoms with Gasteiger partial charge in [-0.25, -0.2) is 9.18 Å². The van der Waals surface area contributed by atoms with E-state index in [-0.39, 0.29) is 5.69 Å². The predicted octanol–water partition coefficient (Wildman–Crippen LogP) is 1.80. The second-order valence-corrected chi connectivity index (χ2v) is 2.46. The van der Waals surface area contributed by atoms with Crippen LogP contribution in [0.4, 0.5) is 4.39 Å². The molecule has 0 radical (unpaired) electrons. The number of rotatable bonds is 3. The molecule has 0 aromatic carbocycles. The van der Waals surface area contributed by atoms with Crippen molar-refractivity contribution >= 4 is 12.0 Å². The van der Waals surface area contributed by atoms with Crippen LogP contribution in [0, 0.1) is 5.82 Å². The smallest absolute Gasteiger partial charge is 0.330 e. The Kier molecular flexibility index (Phi) is 3.79. The maximum atomic E-state index is 13.0. The third-order valence-electron chi connectivity index (χ3n) is 1.45. The van der Waals surface area contributed by atoms with Crippen LogP contribution in [0.25, 0.3) is 6.08 Å². The Bertz CT molecular complexity index is 350. The second-order valence-electron chi connectivity index (χ2n) is 2.46. The van der Waals surface area contributed by atoms with Gasteiger partial charge in [0.15, 0.2) is 0 Å². The normalized spacial score (nSPS) is 10.4. The molecule has 0 unspecified atom stereocenters. The zero-order chi connectivity index (χ0) is 10.4. The van der Waals surface area contributed by atoms with Gasteiger partial charge in [0.2, 0.25) is 0 Å². The van der Waals surface area contributed by atoms with Crippen molar-refractivity contribution in [1.82, 2.24) is 4.98 Å². The van der Waals surface area contributed by atoms with Crippen molar-refractivity contribution in [3.63, 3.8) is 0 Å². The fraction of sp³-hybridized carbons (Fsp3) is 0.200. The Hall–Kier alpha value is -1.71. The molecule has 0 amide bonds. The molecule has 0 atom stereocenters. The van der Waals surface area contributed by atoms with Gasteiger partial charge in [0.1, 0.15) is 5.82 Å². The van der Waals surface area contributed by atoms with Gasteiger partial charge >= 0.3 is 5.97 Å². The maximum Gasteiger partial charge on any atom is 0.330 e. The SMILES string of the molecule is CCOC(=O)/C=C/c1ncccc1F. The maximum absolute atomic E-state index is 13.0. The lowest BCUT2D eigenvalue weighted by Crippen LogP contribution is -1.99. The molecule has 0 spiro atoms. The molecular formula is C10H10FNO2. The molecule has 1 aromatic heterocycles. The van der Waals surface area contributed by atoms with Crippen LogP contribution in [0.3, 0.4) is 0 Å². The first-order chi connectivity index (χ1) is 6.74. The summed E-state index contributed by atoms with van der Waals surface area (Å²) in [4.78, 5) is 14.6. The number of aromatic nitrogens is 1. The van der Waals surface area contributed by atoms with Crippen LogP contribution in [0.2, 0.25) is 0 Å². The molecule has 0 aliphatic heterocycles. The summed E-state index contributed by atoms with van der Waals surface area (Å²) in [5.41, 5.74) is 0.126. The summed E-state index contributed by atoms with van der Waals surface area (Å²) in [6.45, 7) is 2.00. The fourth-order valence-electron chi connectivity index (χ4n) is 0.858. The zero-order valence-electron chi connectivity index (χ0n) is 7.74. The van der Waals surface area contributed by atoms with Gasteiger partial charge < -0.3 is 4.74 Å². The lowest BCUT2D eigenvalue weighted by Gasteiger charge is -1.95. The molecule has 1 aromatic rings. The third-order valence-corrected chi connectivity index (χ3v) is 1.45. The van der Waals surface area contributed by atoms with Gasteiger partial charge in [0.05, 0.1) is 12.3 Å².